The zero-order valence-corrected chi connectivity index (χ0v) is 10.3. The number of H-pyrrole nitrogens is 1. The lowest BCUT2D eigenvalue weighted by Crippen LogP contribution is -2.15. The van der Waals surface area contributed by atoms with Gasteiger partial charge in [-0.1, -0.05) is 18.2 Å². The standard InChI is InChI=1S/C13H15N3O2/c1-8-9(2)15-16-13(8)14-12(18)7-10-5-3-4-6-11(10)17/h3-6,17H,7H2,1-2H3,(H2,14,15,16,18). The molecule has 5 heteroatoms. The topological polar surface area (TPSA) is 78.0 Å². The minimum Gasteiger partial charge on any atom is -0.508 e. The molecule has 94 valence electrons. The van der Waals surface area contributed by atoms with Crippen molar-refractivity contribution in [2.75, 3.05) is 5.32 Å². The Morgan fingerprint density at radius 2 is 2.11 bits per heavy atom. The van der Waals surface area contributed by atoms with E-state index in [0.29, 0.717) is 11.4 Å². The van der Waals surface area contributed by atoms with Crippen LogP contribution >= 0.6 is 0 Å². The van der Waals surface area contributed by atoms with Gasteiger partial charge in [-0.25, -0.2) is 0 Å². The molecule has 0 aliphatic heterocycles. The molecule has 0 aliphatic rings. The van der Waals surface area contributed by atoms with Crippen LogP contribution in [0, 0.1) is 13.8 Å². The van der Waals surface area contributed by atoms with E-state index >= 15 is 0 Å². The molecule has 0 fully saturated rings. The van der Waals surface area contributed by atoms with Crippen molar-refractivity contribution in [3.8, 4) is 5.75 Å². The average molecular weight is 245 g/mol. The number of nitrogens with zero attached hydrogens (tertiary/aromatic N) is 1. The van der Waals surface area contributed by atoms with Gasteiger partial charge >= 0.3 is 0 Å². The fourth-order valence-corrected chi connectivity index (χ4v) is 1.62. The summed E-state index contributed by atoms with van der Waals surface area (Å²) in [5.41, 5.74) is 2.44. The second-order valence-electron chi connectivity index (χ2n) is 4.18. The van der Waals surface area contributed by atoms with Crippen LogP contribution in [0.4, 0.5) is 5.82 Å². The number of phenolic OH excluding ortho intramolecular Hbond substituents is 1. The third kappa shape index (κ3) is 2.51. The number of aromatic hydroxyl groups is 1. The molecule has 0 aliphatic carbocycles. The normalized spacial score (nSPS) is 10.3. The maximum atomic E-state index is 11.8. The van der Waals surface area contributed by atoms with Crippen molar-refractivity contribution in [2.45, 2.75) is 20.3 Å². The van der Waals surface area contributed by atoms with Gasteiger partial charge in [0.2, 0.25) is 5.91 Å². The Balaban J connectivity index is 2.06. The van der Waals surface area contributed by atoms with Gasteiger partial charge in [0.25, 0.3) is 0 Å². The summed E-state index contributed by atoms with van der Waals surface area (Å²) in [7, 11) is 0. The third-order valence-electron chi connectivity index (χ3n) is 2.85. The number of carbonyl (C=O) groups excluding carboxylic acids is 1. The van der Waals surface area contributed by atoms with Crippen molar-refractivity contribution >= 4 is 11.7 Å². The van der Waals surface area contributed by atoms with Crippen molar-refractivity contribution < 1.29 is 9.90 Å². The second-order valence-corrected chi connectivity index (χ2v) is 4.18. The van der Waals surface area contributed by atoms with E-state index in [2.05, 4.69) is 15.5 Å². The number of amides is 1. The van der Waals surface area contributed by atoms with Crippen LogP contribution in [0.15, 0.2) is 24.3 Å². The highest BCUT2D eigenvalue weighted by Crippen LogP contribution is 2.18. The van der Waals surface area contributed by atoms with E-state index in [1.807, 2.05) is 13.8 Å². The first-order valence-corrected chi connectivity index (χ1v) is 5.66. The highest BCUT2D eigenvalue weighted by molar-refractivity contribution is 5.92. The Bertz CT molecular complexity index is 575. The number of hydrogen-bond donors (Lipinski definition) is 3. The molecule has 0 atom stereocenters. The molecule has 5 nitrogen and oxygen atoms in total. The molecule has 1 heterocycles. The number of aryl methyl sites for hydroxylation is 1. The summed E-state index contributed by atoms with van der Waals surface area (Å²) in [6.07, 6.45) is 0.123. The molecular formula is C13H15N3O2. The predicted molar refractivity (Wildman–Crippen MR) is 68.5 cm³/mol. The highest BCUT2D eigenvalue weighted by Gasteiger charge is 2.11. The molecule has 2 rings (SSSR count). The lowest BCUT2D eigenvalue weighted by molar-refractivity contribution is -0.115. The molecule has 0 saturated carbocycles. The molecule has 0 radical (unpaired) electrons. The Labute approximate surface area is 105 Å². The number of nitrogens with one attached hydrogen (secondary N) is 2. The molecule has 1 aromatic heterocycles. The molecular weight excluding hydrogens is 230 g/mol. The Hall–Kier alpha value is -2.30. The Kier molecular flexibility index (Phi) is 3.32. The Morgan fingerprint density at radius 1 is 1.39 bits per heavy atom. The van der Waals surface area contributed by atoms with E-state index in [1.54, 1.807) is 24.3 Å². The van der Waals surface area contributed by atoms with Crippen molar-refractivity contribution in [2.24, 2.45) is 0 Å². The van der Waals surface area contributed by atoms with Gasteiger partial charge in [0.05, 0.1) is 6.42 Å². The van der Waals surface area contributed by atoms with E-state index in [9.17, 15) is 9.90 Å². The molecule has 3 N–H and O–H groups in total. The number of rotatable bonds is 3. The molecule has 2 aromatic rings. The van der Waals surface area contributed by atoms with E-state index in [0.717, 1.165) is 11.3 Å². The summed E-state index contributed by atoms with van der Waals surface area (Å²) >= 11 is 0. The quantitative estimate of drug-likeness (QED) is 0.773. The fourth-order valence-electron chi connectivity index (χ4n) is 1.62. The second kappa shape index (κ2) is 4.91. The van der Waals surface area contributed by atoms with Gasteiger partial charge in [-0.05, 0) is 19.9 Å². The number of aromatic amines is 1. The van der Waals surface area contributed by atoms with E-state index in [1.165, 1.54) is 0 Å². The first kappa shape index (κ1) is 12.2. The molecule has 1 aromatic carbocycles. The Morgan fingerprint density at radius 3 is 2.72 bits per heavy atom. The van der Waals surface area contributed by atoms with Gasteiger partial charge in [-0.3, -0.25) is 9.89 Å². The number of carbonyl (C=O) groups is 1. The zero-order valence-electron chi connectivity index (χ0n) is 10.3. The predicted octanol–water partition coefficient (Wildman–Crippen LogP) is 1.91. The first-order valence-electron chi connectivity index (χ1n) is 5.66. The van der Waals surface area contributed by atoms with Crippen LogP contribution in [0.1, 0.15) is 16.8 Å². The number of hydrogen-bond acceptors (Lipinski definition) is 3. The van der Waals surface area contributed by atoms with Crippen molar-refractivity contribution in [1.29, 1.82) is 0 Å². The minimum absolute atomic E-state index is 0.123. The largest absolute Gasteiger partial charge is 0.508 e. The minimum atomic E-state index is -0.203. The van der Waals surface area contributed by atoms with Gasteiger partial charge < -0.3 is 10.4 Å². The molecule has 0 saturated heterocycles. The molecule has 0 spiro atoms. The van der Waals surface area contributed by atoms with Crippen LogP contribution in [-0.2, 0) is 11.2 Å². The first-order chi connectivity index (χ1) is 8.58. The van der Waals surface area contributed by atoms with Crippen LogP contribution in [0.5, 0.6) is 5.75 Å². The van der Waals surface area contributed by atoms with Crippen molar-refractivity contribution in [1.82, 2.24) is 10.2 Å². The van der Waals surface area contributed by atoms with Gasteiger partial charge in [-0.15, -0.1) is 0 Å². The van der Waals surface area contributed by atoms with Gasteiger partial charge in [-0.2, -0.15) is 5.10 Å². The maximum Gasteiger partial charge on any atom is 0.230 e. The van der Waals surface area contributed by atoms with Crippen LogP contribution < -0.4 is 5.32 Å². The summed E-state index contributed by atoms with van der Waals surface area (Å²) in [4.78, 5) is 11.8. The van der Waals surface area contributed by atoms with E-state index < -0.39 is 0 Å². The van der Waals surface area contributed by atoms with Crippen LogP contribution in [0.25, 0.3) is 0 Å². The lowest BCUT2D eigenvalue weighted by atomic mass is 10.1. The van der Waals surface area contributed by atoms with E-state index in [-0.39, 0.29) is 18.1 Å². The number of phenols is 1. The van der Waals surface area contributed by atoms with Crippen molar-refractivity contribution in [3.05, 3.63) is 41.1 Å². The summed E-state index contributed by atoms with van der Waals surface area (Å²) in [6, 6.07) is 6.79. The number of benzene rings is 1. The molecule has 0 bridgehead atoms. The summed E-state index contributed by atoms with van der Waals surface area (Å²) in [6.45, 7) is 3.77. The van der Waals surface area contributed by atoms with E-state index in [4.69, 9.17) is 0 Å². The fraction of sp³-hybridized carbons (Fsp3) is 0.231. The smallest absolute Gasteiger partial charge is 0.230 e. The molecule has 1 amide bonds. The SMILES string of the molecule is Cc1[nH]nc(NC(=O)Cc2ccccc2O)c1C. The van der Waals surface area contributed by atoms with Gasteiger partial charge in [0.15, 0.2) is 5.82 Å². The number of anilines is 1. The van der Waals surface area contributed by atoms with Crippen LogP contribution in [0.2, 0.25) is 0 Å². The highest BCUT2D eigenvalue weighted by atomic mass is 16.3. The number of para-hydroxylation sites is 1. The molecule has 0 unspecified atom stereocenters. The van der Waals surface area contributed by atoms with Gasteiger partial charge in [0, 0.05) is 16.8 Å². The van der Waals surface area contributed by atoms with Crippen LogP contribution in [0.3, 0.4) is 0 Å². The van der Waals surface area contributed by atoms with Gasteiger partial charge in [0.1, 0.15) is 5.75 Å². The number of aromatic nitrogens is 2. The summed E-state index contributed by atoms with van der Waals surface area (Å²) in [5.74, 6) is 0.460. The lowest BCUT2D eigenvalue weighted by Gasteiger charge is -2.05. The maximum absolute atomic E-state index is 11.8. The summed E-state index contributed by atoms with van der Waals surface area (Å²) in [5, 5.41) is 19.1. The molecule has 18 heavy (non-hydrogen) atoms. The third-order valence-corrected chi connectivity index (χ3v) is 2.85. The summed E-state index contributed by atoms with van der Waals surface area (Å²) < 4.78 is 0. The van der Waals surface area contributed by atoms with Crippen molar-refractivity contribution in [3.63, 3.8) is 0 Å². The monoisotopic (exact) mass is 245 g/mol. The van der Waals surface area contributed by atoms with Crippen LogP contribution in [-0.4, -0.2) is 21.2 Å². The average Bonchev–Trinajstić information content (AvgIpc) is 2.64. The zero-order chi connectivity index (χ0) is 13.1.